The number of ether oxygens (including phenoxy) is 1. The molecule has 0 spiro atoms. The Bertz CT molecular complexity index is 149. The molecule has 2 atom stereocenters. The van der Waals surface area contributed by atoms with E-state index in [4.69, 9.17) is 5.11 Å². The molecule has 0 aromatic heterocycles. The zero-order chi connectivity index (χ0) is 8.85. The number of hydrogen-bond donors (Lipinski definition) is 1. The molecule has 0 aliphatic heterocycles. The van der Waals surface area contributed by atoms with Crippen molar-refractivity contribution in [2.24, 2.45) is 5.92 Å². The highest BCUT2D eigenvalue weighted by atomic mass is 16.5. The minimum absolute atomic E-state index is 0.0194. The third-order valence-electron chi connectivity index (χ3n) is 1.50. The van der Waals surface area contributed by atoms with Gasteiger partial charge in [-0.2, -0.15) is 0 Å². The van der Waals surface area contributed by atoms with E-state index in [-0.39, 0.29) is 5.92 Å². The Kier molecular flexibility index (Phi) is 4.54. The van der Waals surface area contributed by atoms with Gasteiger partial charge in [0.05, 0.1) is 13.2 Å². The van der Waals surface area contributed by atoms with Gasteiger partial charge in [0.1, 0.15) is 0 Å². The van der Waals surface area contributed by atoms with E-state index >= 15 is 0 Å². The molecule has 0 saturated heterocycles. The molecule has 0 radical (unpaired) electrons. The van der Waals surface area contributed by atoms with Gasteiger partial charge < -0.3 is 9.84 Å². The van der Waals surface area contributed by atoms with E-state index in [9.17, 15) is 4.79 Å². The predicted octanol–water partition coefficient (Wildman–Crippen LogP) is 0.732. The van der Waals surface area contributed by atoms with E-state index in [0.29, 0.717) is 0 Å². The van der Waals surface area contributed by atoms with E-state index < -0.39 is 12.1 Å². The summed E-state index contributed by atoms with van der Waals surface area (Å²) in [5, 5.41) is 9.00. The molecule has 3 nitrogen and oxygen atoms in total. The van der Waals surface area contributed by atoms with Crippen LogP contribution in [0.3, 0.4) is 0 Å². The first kappa shape index (κ1) is 10.2. The van der Waals surface area contributed by atoms with Gasteiger partial charge in [0.25, 0.3) is 0 Å². The Balaban J connectivity index is 3.82. The van der Waals surface area contributed by atoms with Gasteiger partial charge in [0.2, 0.25) is 0 Å². The second-order valence-electron chi connectivity index (χ2n) is 2.48. The first-order chi connectivity index (χ1) is 5.07. The van der Waals surface area contributed by atoms with Crippen molar-refractivity contribution in [2.75, 3.05) is 7.11 Å². The van der Waals surface area contributed by atoms with Crippen LogP contribution in [-0.4, -0.2) is 24.3 Å². The zero-order valence-electron chi connectivity index (χ0n) is 7.07. The van der Waals surface area contributed by atoms with Crippen LogP contribution in [0, 0.1) is 5.92 Å². The van der Waals surface area contributed by atoms with Crippen LogP contribution in [-0.2, 0) is 9.53 Å². The smallest absolute Gasteiger partial charge is 0.330 e. The van der Waals surface area contributed by atoms with Crippen molar-refractivity contribution in [1.29, 1.82) is 0 Å². The molecule has 0 unspecified atom stereocenters. The lowest BCUT2D eigenvalue weighted by Crippen LogP contribution is -2.10. The zero-order valence-corrected chi connectivity index (χ0v) is 7.07. The van der Waals surface area contributed by atoms with Gasteiger partial charge in [0, 0.05) is 12.0 Å². The highest BCUT2D eigenvalue weighted by molar-refractivity contribution is 5.81. The highest BCUT2D eigenvalue weighted by Gasteiger charge is 2.04. The summed E-state index contributed by atoms with van der Waals surface area (Å²) in [7, 11) is 1.32. The fraction of sp³-hybridized carbons (Fsp3) is 0.625. The molecule has 0 bridgehead atoms. The molecule has 0 heterocycles. The van der Waals surface area contributed by atoms with Gasteiger partial charge in [-0.3, -0.25) is 0 Å². The summed E-state index contributed by atoms with van der Waals surface area (Å²) in [6.45, 7) is 3.50. The first-order valence-electron chi connectivity index (χ1n) is 3.52. The lowest BCUT2D eigenvalue weighted by atomic mass is 10.1. The Morgan fingerprint density at radius 2 is 2.09 bits per heavy atom. The maximum Gasteiger partial charge on any atom is 0.330 e. The minimum Gasteiger partial charge on any atom is -0.466 e. The summed E-state index contributed by atoms with van der Waals surface area (Å²) >= 11 is 0. The Morgan fingerprint density at radius 3 is 2.45 bits per heavy atom. The summed E-state index contributed by atoms with van der Waals surface area (Å²) < 4.78 is 4.37. The Morgan fingerprint density at radius 1 is 1.55 bits per heavy atom. The largest absolute Gasteiger partial charge is 0.466 e. The summed E-state index contributed by atoms with van der Waals surface area (Å²) in [6, 6.07) is 0. The monoisotopic (exact) mass is 158 g/mol. The van der Waals surface area contributed by atoms with Crippen LogP contribution in [0.15, 0.2) is 12.2 Å². The molecule has 0 aromatic carbocycles. The third-order valence-corrected chi connectivity index (χ3v) is 1.50. The maximum absolute atomic E-state index is 10.5. The lowest BCUT2D eigenvalue weighted by molar-refractivity contribution is -0.134. The molecular weight excluding hydrogens is 144 g/mol. The number of aliphatic hydroxyl groups is 1. The normalized spacial score (nSPS) is 16.4. The van der Waals surface area contributed by atoms with Crippen LogP contribution in [0.5, 0.6) is 0 Å². The van der Waals surface area contributed by atoms with Crippen molar-refractivity contribution in [3.63, 3.8) is 0 Å². The molecule has 0 fully saturated rings. The minimum atomic E-state index is -0.434. The maximum atomic E-state index is 10.5. The predicted molar refractivity (Wildman–Crippen MR) is 42.0 cm³/mol. The van der Waals surface area contributed by atoms with Crippen LogP contribution in [0.25, 0.3) is 0 Å². The van der Waals surface area contributed by atoms with Crippen LogP contribution in [0.2, 0.25) is 0 Å². The number of carbonyl (C=O) groups excluding carboxylic acids is 1. The third kappa shape index (κ3) is 4.56. The molecule has 1 N–H and O–H groups in total. The van der Waals surface area contributed by atoms with E-state index in [1.54, 1.807) is 13.0 Å². The van der Waals surface area contributed by atoms with E-state index in [2.05, 4.69) is 4.74 Å². The number of methoxy groups -OCH3 is 1. The van der Waals surface area contributed by atoms with Crippen LogP contribution < -0.4 is 0 Å². The second-order valence-corrected chi connectivity index (χ2v) is 2.48. The van der Waals surface area contributed by atoms with Gasteiger partial charge in [-0.1, -0.05) is 13.0 Å². The fourth-order valence-electron chi connectivity index (χ4n) is 0.459. The van der Waals surface area contributed by atoms with Crippen molar-refractivity contribution in [3.8, 4) is 0 Å². The second kappa shape index (κ2) is 4.91. The average molecular weight is 158 g/mol. The van der Waals surface area contributed by atoms with Crippen molar-refractivity contribution >= 4 is 5.97 Å². The van der Waals surface area contributed by atoms with Crippen molar-refractivity contribution in [1.82, 2.24) is 0 Å². The summed E-state index contributed by atoms with van der Waals surface area (Å²) in [5.74, 6) is -0.411. The van der Waals surface area contributed by atoms with Crippen LogP contribution >= 0.6 is 0 Å². The van der Waals surface area contributed by atoms with Gasteiger partial charge in [-0.15, -0.1) is 0 Å². The molecular formula is C8H14O3. The van der Waals surface area contributed by atoms with E-state index in [1.807, 2.05) is 6.92 Å². The summed E-state index contributed by atoms with van der Waals surface area (Å²) in [6.07, 6.45) is 2.50. The van der Waals surface area contributed by atoms with Crippen molar-refractivity contribution in [2.45, 2.75) is 20.0 Å². The fourth-order valence-corrected chi connectivity index (χ4v) is 0.459. The van der Waals surface area contributed by atoms with Crippen LogP contribution in [0.4, 0.5) is 0 Å². The van der Waals surface area contributed by atoms with E-state index in [1.165, 1.54) is 13.2 Å². The standard InChI is InChI=1S/C8H14O3/c1-6(7(2)9)4-5-8(10)11-3/h4-7,9H,1-3H3/b5-4+/t6-,7+/m1/s1. The number of esters is 1. The molecule has 0 aliphatic carbocycles. The van der Waals surface area contributed by atoms with Gasteiger partial charge >= 0.3 is 5.97 Å². The highest BCUT2D eigenvalue weighted by Crippen LogP contribution is 2.03. The van der Waals surface area contributed by atoms with Crippen LogP contribution in [0.1, 0.15) is 13.8 Å². The quantitative estimate of drug-likeness (QED) is 0.486. The molecule has 0 aromatic rings. The van der Waals surface area contributed by atoms with Gasteiger partial charge in [-0.25, -0.2) is 4.79 Å². The number of aliphatic hydroxyl groups excluding tert-OH is 1. The lowest BCUT2D eigenvalue weighted by Gasteiger charge is -2.07. The first-order valence-corrected chi connectivity index (χ1v) is 3.52. The molecule has 3 heteroatoms. The number of carbonyl (C=O) groups is 1. The molecule has 0 saturated carbocycles. The Hall–Kier alpha value is -0.830. The SMILES string of the molecule is COC(=O)/C=C/[C@@H](C)[C@H](C)O. The number of rotatable bonds is 3. The van der Waals surface area contributed by atoms with E-state index in [0.717, 1.165) is 0 Å². The molecule has 11 heavy (non-hydrogen) atoms. The van der Waals surface area contributed by atoms with Crippen molar-refractivity contribution < 1.29 is 14.6 Å². The average Bonchev–Trinajstić information content (AvgIpc) is 1.99. The summed E-state index contributed by atoms with van der Waals surface area (Å²) in [4.78, 5) is 10.5. The summed E-state index contributed by atoms with van der Waals surface area (Å²) in [5.41, 5.74) is 0. The molecule has 0 rings (SSSR count). The molecule has 0 amide bonds. The topological polar surface area (TPSA) is 46.5 Å². The van der Waals surface area contributed by atoms with Gasteiger partial charge in [-0.05, 0) is 6.92 Å². The van der Waals surface area contributed by atoms with Crippen molar-refractivity contribution in [3.05, 3.63) is 12.2 Å². The Labute approximate surface area is 66.7 Å². The molecule has 0 aliphatic rings. The molecule has 64 valence electrons. The number of hydrogen-bond acceptors (Lipinski definition) is 3. The van der Waals surface area contributed by atoms with Gasteiger partial charge in [0.15, 0.2) is 0 Å².